The number of aliphatic carboxylic acids is 1. The van der Waals surface area contributed by atoms with Crippen molar-refractivity contribution >= 4 is 33.8 Å². The number of nitrogens with one attached hydrogen (secondary N) is 1. The van der Waals surface area contributed by atoms with E-state index >= 15 is 0 Å². The molecular weight excluding hydrogens is 474 g/mol. The molecule has 1 aliphatic rings. The maximum Gasteiger partial charge on any atom is 0.407 e. The van der Waals surface area contributed by atoms with Crippen LogP contribution in [0.4, 0.5) is 4.79 Å². The second kappa shape index (κ2) is 9.36. The Morgan fingerprint density at radius 3 is 2.06 bits per heavy atom. The minimum absolute atomic E-state index is 0.0599. The first-order valence-electron chi connectivity index (χ1n) is 10.1. The summed E-state index contributed by atoms with van der Waals surface area (Å²) in [6, 6.07) is 21.2. The van der Waals surface area contributed by atoms with E-state index in [4.69, 9.17) is 4.74 Å². The lowest BCUT2D eigenvalue weighted by Crippen LogP contribution is -2.42. The molecule has 0 saturated heterocycles. The van der Waals surface area contributed by atoms with Crippen molar-refractivity contribution in [2.75, 3.05) is 6.61 Å². The van der Waals surface area contributed by atoms with Crippen molar-refractivity contribution in [3.05, 3.63) is 94.0 Å². The van der Waals surface area contributed by atoms with Crippen LogP contribution in [0.25, 0.3) is 11.1 Å². The number of rotatable bonds is 7. The van der Waals surface area contributed by atoms with Crippen LogP contribution < -0.4 is 5.32 Å². The Hall–Kier alpha value is -3.45. The number of carbonyl (C=O) groups is 3. The lowest BCUT2D eigenvalue weighted by Gasteiger charge is -2.17. The summed E-state index contributed by atoms with van der Waals surface area (Å²) < 4.78 is 5.96. The summed E-state index contributed by atoms with van der Waals surface area (Å²) in [6.45, 7) is 0.0599. The zero-order chi connectivity index (χ0) is 22.7. The number of hydrogen-bond acceptors (Lipinski definition) is 4. The molecule has 1 amide bonds. The Morgan fingerprint density at radius 2 is 1.47 bits per heavy atom. The van der Waals surface area contributed by atoms with E-state index in [1.54, 1.807) is 24.3 Å². The van der Waals surface area contributed by atoms with Crippen LogP contribution in [0.5, 0.6) is 0 Å². The highest BCUT2D eigenvalue weighted by Crippen LogP contribution is 2.44. The van der Waals surface area contributed by atoms with Gasteiger partial charge in [-0.1, -0.05) is 82.7 Å². The maximum atomic E-state index is 12.5. The third kappa shape index (κ3) is 4.43. The molecule has 2 N–H and O–H groups in total. The largest absolute Gasteiger partial charge is 0.480 e. The number of hydrogen-bond donors (Lipinski definition) is 2. The van der Waals surface area contributed by atoms with Crippen molar-refractivity contribution < 1.29 is 24.2 Å². The van der Waals surface area contributed by atoms with Crippen LogP contribution in [0.15, 0.2) is 77.3 Å². The number of carboxylic acids is 1. The van der Waals surface area contributed by atoms with E-state index in [0.29, 0.717) is 10.0 Å². The smallest absolute Gasteiger partial charge is 0.407 e. The predicted molar refractivity (Wildman–Crippen MR) is 123 cm³/mol. The molecule has 162 valence electrons. The van der Waals surface area contributed by atoms with Crippen LogP contribution in [0, 0.1) is 0 Å². The number of halogens is 1. The van der Waals surface area contributed by atoms with Gasteiger partial charge in [0.1, 0.15) is 12.6 Å². The molecule has 0 bridgehead atoms. The fraction of sp³-hybridized carbons (Fsp3) is 0.160. The number of carboxylic acid groups (broad SMARTS) is 1. The Labute approximate surface area is 193 Å². The molecule has 0 heterocycles. The molecule has 0 aliphatic heterocycles. The first-order chi connectivity index (χ1) is 15.5. The van der Waals surface area contributed by atoms with Gasteiger partial charge in [-0.25, -0.2) is 9.59 Å². The van der Waals surface area contributed by atoms with E-state index in [-0.39, 0.29) is 18.9 Å². The van der Waals surface area contributed by atoms with Crippen molar-refractivity contribution in [3.8, 4) is 11.1 Å². The fourth-order valence-corrected chi connectivity index (χ4v) is 4.47. The molecule has 1 unspecified atom stereocenters. The van der Waals surface area contributed by atoms with Gasteiger partial charge in [0.2, 0.25) is 0 Å². The number of fused-ring (bicyclic) bond motifs is 3. The van der Waals surface area contributed by atoms with Crippen molar-refractivity contribution in [1.29, 1.82) is 0 Å². The molecule has 3 aromatic rings. The lowest BCUT2D eigenvalue weighted by atomic mass is 9.98. The lowest BCUT2D eigenvalue weighted by molar-refractivity contribution is -0.139. The molecule has 0 aromatic heterocycles. The van der Waals surface area contributed by atoms with Gasteiger partial charge in [-0.05, 0) is 28.3 Å². The number of alkyl carbamates (subject to hydrolysis) is 1. The zero-order valence-electron chi connectivity index (χ0n) is 17.0. The van der Waals surface area contributed by atoms with Crippen molar-refractivity contribution in [2.45, 2.75) is 18.4 Å². The van der Waals surface area contributed by atoms with Gasteiger partial charge in [0, 0.05) is 22.4 Å². The van der Waals surface area contributed by atoms with Gasteiger partial charge < -0.3 is 15.2 Å². The average molecular weight is 494 g/mol. The summed E-state index contributed by atoms with van der Waals surface area (Å²) in [5, 5.41) is 11.8. The maximum absolute atomic E-state index is 12.5. The van der Waals surface area contributed by atoms with Crippen LogP contribution >= 0.6 is 15.9 Å². The molecule has 0 saturated carbocycles. The van der Waals surface area contributed by atoms with Gasteiger partial charge in [0.05, 0.1) is 0 Å². The Kier molecular flexibility index (Phi) is 6.37. The normalized spacial score (nSPS) is 13.0. The second-order valence-electron chi connectivity index (χ2n) is 7.47. The van der Waals surface area contributed by atoms with Crippen molar-refractivity contribution in [1.82, 2.24) is 5.32 Å². The van der Waals surface area contributed by atoms with E-state index in [1.165, 1.54) is 0 Å². The standard InChI is InChI=1S/C25H20BrNO5/c26-21-12-6-5-11-19(21)23(28)13-22(24(29)30)27-25(31)32-14-20-17-9-3-1-7-15(17)16-8-2-4-10-18(16)20/h1-12,20,22H,13-14H2,(H,27,31)(H,29,30). The number of carbonyl (C=O) groups excluding carboxylic acids is 2. The van der Waals surface area contributed by atoms with E-state index in [9.17, 15) is 19.5 Å². The highest BCUT2D eigenvalue weighted by atomic mass is 79.9. The molecule has 4 rings (SSSR count). The van der Waals surface area contributed by atoms with Gasteiger partial charge in [-0.15, -0.1) is 0 Å². The van der Waals surface area contributed by atoms with Crippen LogP contribution in [0.3, 0.4) is 0 Å². The Morgan fingerprint density at radius 1 is 0.906 bits per heavy atom. The van der Waals surface area contributed by atoms with E-state index < -0.39 is 23.9 Å². The van der Waals surface area contributed by atoms with Crippen molar-refractivity contribution in [3.63, 3.8) is 0 Å². The van der Waals surface area contributed by atoms with Gasteiger partial charge in [-0.3, -0.25) is 4.79 Å². The summed E-state index contributed by atoms with van der Waals surface area (Å²) in [4.78, 5) is 36.6. The fourth-order valence-electron chi connectivity index (χ4n) is 3.97. The quantitative estimate of drug-likeness (QED) is 0.451. The molecule has 6 nitrogen and oxygen atoms in total. The summed E-state index contributed by atoms with van der Waals surface area (Å²) in [5.74, 6) is -1.85. The molecular formula is C25H20BrNO5. The molecule has 32 heavy (non-hydrogen) atoms. The van der Waals surface area contributed by atoms with Crippen LogP contribution in [-0.2, 0) is 9.53 Å². The van der Waals surface area contributed by atoms with E-state index in [2.05, 4.69) is 21.2 Å². The minimum Gasteiger partial charge on any atom is -0.480 e. The number of amides is 1. The number of benzene rings is 3. The van der Waals surface area contributed by atoms with Gasteiger partial charge in [0.15, 0.2) is 5.78 Å². The van der Waals surface area contributed by atoms with Crippen molar-refractivity contribution in [2.24, 2.45) is 0 Å². The van der Waals surface area contributed by atoms with Gasteiger partial charge >= 0.3 is 12.1 Å². The van der Waals surface area contributed by atoms with Gasteiger partial charge in [-0.2, -0.15) is 0 Å². The molecule has 3 aromatic carbocycles. The summed E-state index contributed by atoms with van der Waals surface area (Å²) >= 11 is 3.28. The molecule has 0 radical (unpaired) electrons. The van der Waals surface area contributed by atoms with E-state index in [1.807, 2.05) is 48.5 Å². The van der Waals surface area contributed by atoms with Crippen LogP contribution in [0.2, 0.25) is 0 Å². The predicted octanol–water partition coefficient (Wildman–Crippen LogP) is 5.01. The molecule has 1 aliphatic carbocycles. The number of Topliss-reactive ketones (excluding diaryl/α,β-unsaturated/α-hetero) is 1. The van der Waals surface area contributed by atoms with Crippen LogP contribution in [-0.4, -0.2) is 35.6 Å². The monoisotopic (exact) mass is 493 g/mol. The SMILES string of the molecule is O=C(NC(CC(=O)c1ccccc1Br)C(=O)O)OCC1c2ccccc2-c2ccccc21. The highest BCUT2D eigenvalue weighted by Gasteiger charge is 2.30. The molecule has 7 heteroatoms. The molecule has 1 atom stereocenters. The number of ether oxygens (including phenoxy) is 1. The summed E-state index contributed by atoms with van der Waals surface area (Å²) in [5.41, 5.74) is 4.66. The Bertz CT molecular complexity index is 1150. The zero-order valence-corrected chi connectivity index (χ0v) is 18.5. The third-order valence-corrected chi connectivity index (χ3v) is 6.19. The highest BCUT2D eigenvalue weighted by molar-refractivity contribution is 9.10. The summed E-state index contributed by atoms with van der Waals surface area (Å²) in [7, 11) is 0. The van der Waals surface area contributed by atoms with Gasteiger partial charge in [0.25, 0.3) is 0 Å². The topological polar surface area (TPSA) is 92.7 Å². The van der Waals surface area contributed by atoms with E-state index in [0.717, 1.165) is 22.3 Å². The first kappa shape index (κ1) is 21.8. The first-order valence-corrected chi connectivity index (χ1v) is 10.9. The molecule has 0 fully saturated rings. The number of ketones is 1. The second-order valence-corrected chi connectivity index (χ2v) is 8.32. The molecule has 0 spiro atoms. The third-order valence-electron chi connectivity index (χ3n) is 5.50. The Balaban J connectivity index is 1.42. The average Bonchev–Trinajstić information content (AvgIpc) is 3.11. The minimum atomic E-state index is -1.40. The summed E-state index contributed by atoms with van der Waals surface area (Å²) in [6.07, 6.45) is -1.26. The van der Waals surface area contributed by atoms with Crippen LogP contribution in [0.1, 0.15) is 33.8 Å².